The van der Waals surface area contributed by atoms with Crippen molar-refractivity contribution in [3.05, 3.63) is 45.8 Å². The van der Waals surface area contributed by atoms with E-state index in [1.807, 2.05) is 0 Å². The van der Waals surface area contributed by atoms with Crippen molar-refractivity contribution >= 4 is 5.97 Å². The van der Waals surface area contributed by atoms with E-state index in [1.54, 1.807) is 0 Å². The molecule has 0 fully saturated rings. The number of aliphatic carboxylic acids is 1. The third-order valence-electron chi connectivity index (χ3n) is 2.89. The van der Waals surface area contributed by atoms with Crippen LogP contribution in [0.4, 0.5) is 8.78 Å². The number of benzene rings is 1. The maximum absolute atomic E-state index is 13.7. The van der Waals surface area contributed by atoms with Gasteiger partial charge in [-0.05, 0) is 31.5 Å². The van der Waals surface area contributed by atoms with E-state index in [1.165, 1.54) is 19.1 Å². The number of nitrogens with zero attached hydrogens (tertiary/aromatic N) is 3. The first kappa shape index (κ1) is 15.9. The second-order valence-electron chi connectivity index (χ2n) is 4.27. The van der Waals surface area contributed by atoms with Gasteiger partial charge in [-0.15, -0.1) is 0 Å². The van der Waals surface area contributed by atoms with Gasteiger partial charge in [0.05, 0.1) is 0 Å². The fourth-order valence-corrected chi connectivity index (χ4v) is 1.71. The van der Waals surface area contributed by atoms with Crippen LogP contribution in [0.3, 0.4) is 0 Å². The summed E-state index contributed by atoms with van der Waals surface area (Å²) in [5, 5.41) is 15.2. The molecule has 0 saturated carbocycles. The highest BCUT2D eigenvalue weighted by Crippen LogP contribution is 2.25. The molecule has 0 aliphatic carbocycles. The predicted molar refractivity (Wildman–Crippen MR) is 68.0 cm³/mol. The molecule has 0 saturated heterocycles. The van der Waals surface area contributed by atoms with Crippen LogP contribution in [-0.4, -0.2) is 24.2 Å². The average Bonchev–Trinajstić information content (AvgIpc) is 2.41. The molecule has 8 heteroatoms. The lowest BCUT2D eigenvalue weighted by Gasteiger charge is -2.27. The fourth-order valence-electron chi connectivity index (χ4n) is 1.71. The number of carbonyl (C=O) groups is 1. The second kappa shape index (κ2) is 6.83. The highest BCUT2D eigenvalue weighted by atomic mass is 19.2. The number of carboxylic acids is 1. The minimum atomic E-state index is -1.76. The molecule has 1 aromatic carbocycles. The minimum Gasteiger partial charge on any atom is -0.480 e. The third-order valence-corrected chi connectivity index (χ3v) is 2.89. The monoisotopic (exact) mass is 284 g/mol. The van der Waals surface area contributed by atoms with Crippen LogP contribution in [-0.2, 0) is 10.3 Å². The van der Waals surface area contributed by atoms with Crippen molar-refractivity contribution in [2.24, 2.45) is 5.11 Å². The van der Waals surface area contributed by atoms with E-state index in [9.17, 15) is 18.7 Å². The molecule has 0 bridgehead atoms. The highest BCUT2D eigenvalue weighted by Gasteiger charge is 2.37. The number of hydrogen-bond donors (Lipinski definition) is 2. The number of carboxylic acid groups (broad SMARTS) is 1. The summed E-state index contributed by atoms with van der Waals surface area (Å²) in [6, 6.07) is 3.38. The van der Waals surface area contributed by atoms with E-state index in [0.717, 1.165) is 6.07 Å². The maximum Gasteiger partial charge on any atom is 0.328 e. The number of hydrogen-bond acceptors (Lipinski definition) is 3. The van der Waals surface area contributed by atoms with Gasteiger partial charge >= 0.3 is 5.97 Å². The van der Waals surface area contributed by atoms with Crippen molar-refractivity contribution in [1.82, 2.24) is 5.32 Å². The summed E-state index contributed by atoms with van der Waals surface area (Å²) in [6.45, 7) is 1.61. The summed E-state index contributed by atoms with van der Waals surface area (Å²) in [6.07, 6.45) is 0.379. The van der Waals surface area contributed by atoms with E-state index in [2.05, 4.69) is 15.3 Å². The topological polar surface area (TPSA) is 98.1 Å². The molecule has 0 amide bonds. The highest BCUT2D eigenvalue weighted by molar-refractivity contribution is 5.80. The first-order valence-corrected chi connectivity index (χ1v) is 5.87. The predicted octanol–water partition coefficient (Wildman–Crippen LogP) is 2.55. The Balaban J connectivity index is 2.94. The van der Waals surface area contributed by atoms with Gasteiger partial charge in [0.2, 0.25) is 0 Å². The Kier molecular flexibility index (Phi) is 5.42. The van der Waals surface area contributed by atoms with E-state index in [0.29, 0.717) is 6.42 Å². The summed E-state index contributed by atoms with van der Waals surface area (Å²) in [5.41, 5.74) is 6.07. The molecule has 6 nitrogen and oxygen atoms in total. The number of nitrogens with one attached hydrogen (secondary N) is 1. The van der Waals surface area contributed by atoms with Crippen molar-refractivity contribution in [3.63, 3.8) is 0 Å². The molecule has 0 aliphatic heterocycles. The summed E-state index contributed by atoms with van der Waals surface area (Å²) in [4.78, 5) is 13.9. The van der Waals surface area contributed by atoms with Crippen molar-refractivity contribution in [3.8, 4) is 0 Å². The van der Waals surface area contributed by atoms with Gasteiger partial charge in [0.15, 0.2) is 11.6 Å². The maximum atomic E-state index is 13.7. The summed E-state index contributed by atoms with van der Waals surface area (Å²) in [5.74, 6) is -3.63. The molecule has 0 radical (unpaired) electrons. The van der Waals surface area contributed by atoms with Gasteiger partial charge in [0.25, 0.3) is 0 Å². The molecule has 0 aliphatic rings. The van der Waals surface area contributed by atoms with Gasteiger partial charge in [-0.3, -0.25) is 5.32 Å². The molecular formula is C12H14F2N4O2. The lowest BCUT2D eigenvalue weighted by Crippen LogP contribution is -2.48. The van der Waals surface area contributed by atoms with E-state index in [-0.39, 0.29) is 18.7 Å². The first-order chi connectivity index (χ1) is 9.43. The lowest BCUT2D eigenvalue weighted by molar-refractivity contribution is -0.144. The zero-order valence-corrected chi connectivity index (χ0v) is 10.8. The van der Waals surface area contributed by atoms with Crippen LogP contribution in [0.1, 0.15) is 18.9 Å². The number of halogens is 2. The summed E-state index contributed by atoms with van der Waals surface area (Å²) < 4.78 is 27.0. The zero-order chi connectivity index (χ0) is 15.2. The first-order valence-electron chi connectivity index (χ1n) is 5.87. The summed E-state index contributed by atoms with van der Waals surface area (Å²) >= 11 is 0. The van der Waals surface area contributed by atoms with Gasteiger partial charge < -0.3 is 5.11 Å². The Labute approximate surface area is 114 Å². The Morgan fingerprint density at radius 1 is 1.55 bits per heavy atom. The molecule has 1 aromatic rings. The Morgan fingerprint density at radius 3 is 2.85 bits per heavy atom. The van der Waals surface area contributed by atoms with Crippen molar-refractivity contribution in [1.29, 1.82) is 0 Å². The molecule has 108 valence electrons. The molecule has 1 atom stereocenters. The van der Waals surface area contributed by atoms with Crippen LogP contribution in [0.2, 0.25) is 0 Å². The second-order valence-corrected chi connectivity index (χ2v) is 4.27. The smallest absolute Gasteiger partial charge is 0.328 e. The molecule has 2 N–H and O–H groups in total. The lowest BCUT2D eigenvalue weighted by atomic mass is 9.91. The van der Waals surface area contributed by atoms with Crippen LogP contribution in [0.15, 0.2) is 23.3 Å². The molecule has 0 heterocycles. The molecule has 20 heavy (non-hydrogen) atoms. The Hall–Kier alpha value is -2.18. The van der Waals surface area contributed by atoms with Gasteiger partial charge in [0.1, 0.15) is 5.54 Å². The quantitative estimate of drug-likeness (QED) is 0.348. The van der Waals surface area contributed by atoms with Crippen LogP contribution in [0, 0.1) is 11.6 Å². The van der Waals surface area contributed by atoms with E-state index in [4.69, 9.17) is 5.53 Å². The Morgan fingerprint density at radius 2 is 2.25 bits per heavy atom. The SMILES string of the molecule is CC(NCCCN=[N+]=[N-])(C(=O)O)c1cccc(F)c1F. The minimum absolute atomic E-state index is 0.178. The van der Waals surface area contributed by atoms with Crippen LogP contribution >= 0.6 is 0 Å². The van der Waals surface area contributed by atoms with Crippen LogP contribution in [0.25, 0.3) is 10.4 Å². The normalized spacial score (nSPS) is 13.3. The average molecular weight is 284 g/mol. The van der Waals surface area contributed by atoms with E-state index < -0.39 is 23.1 Å². The molecule has 1 rings (SSSR count). The number of rotatable bonds is 7. The van der Waals surface area contributed by atoms with Gasteiger partial charge in [-0.25, -0.2) is 13.6 Å². The standard InChI is InChI=1S/C12H14F2N4O2/c1-12(11(19)20,16-6-3-7-17-18-15)8-4-2-5-9(13)10(8)14/h2,4-5,16H,3,6-7H2,1H3,(H,19,20). The Bertz CT molecular complexity index is 546. The van der Waals surface area contributed by atoms with Gasteiger partial charge in [-0.2, -0.15) is 0 Å². The van der Waals surface area contributed by atoms with Crippen LogP contribution < -0.4 is 5.32 Å². The van der Waals surface area contributed by atoms with E-state index >= 15 is 0 Å². The third kappa shape index (κ3) is 3.43. The van der Waals surface area contributed by atoms with Gasteiger partial charge in [0, 0.05) is 17.0 Å². The molecule has 0 spiro atoms. The molecular weight excluding hydrogens is 270 g/mol. The van der Waals surface area contributed by atoms with Crippen LogP contribution in [0.5, 0.6) is 0 Å². The zero-order valence-electron chi connectivity index (χ0n) is 10.8. The summed E-state index contributed by atoms with van der Waals surface area (Å²) in [7, 11) is 0. The van der Waals surface area contributed by atoms with Crippen molar-refractivity contribution in [2.75, 3.05) is 13.1 Å². The van der Waals surface area contributed by atoms with Crippen molar-refractivity contribution in [2.45, 2.75) is 18.9 Å². The fraction of sp³-hybridized carbons (Fsp3) is 0.417. The number of azide groups is 1. The van der Waals surface area contributed by atoms with Gasteiger partial charge in [-0.1, -0.05) is 17.2 Å². The van der Waals surface area contributed by atoms with Crippen molar-refractivity contribution < 1.29 is 18.7 Å². The molecule has 0 aromatic heterocycles. The molecule has 1 unspecified atom stereocenters. The largest absolute Gasteiger partial charge is 0.480 e.